The zero-order valence-electron chi connectivity index (χ0n) is 12.3. The summed E-state index contributed by atoms with van der Waals surface area (Å²) in [6.07, 6.45) is 5.55. The average molecular weight is 301 g/mol. The van der Waals surface area contributed by atoms with Gasteiger partial charge in [0.2, 0.25) is 0 Å². The Morgan fingerprint density at radius 3 is 2.23 bits per heavy atom. The molecule has 0 aliphatic heterocycles. The lowest BCUT2D eigenvalue weighted by Crippen LogP contribution is -2.56. The largest absolute Gasteiger partial charge is 0.481 e. The molecule has 4 bridgehead atoms. The molecule has 4 aliphatic rings. The molecule has 0 saturated heterocycles. The molecular formula is C17H19NO4. The van der Waals surface area contributed by atoms with Gasteiger partial charge in [0.05, 0.1) is 10.3 Å². The number of aliphatic carboxylic acids is 1. The fourth-order valence-electron chi connectivity index (χ4n) is 5.79. The number of hydrogen-bond acceptors (Lipinski definition) is 3. The molecule has 4 saturated carbocycles. The van der Waals surface area contributed by atoms with Crippen molar-refractivity contribution in [2.24, 2.45) is 17.3 Å². The summed E-state index contributed by atoms with van der Waals surface area (Å²) in [4.78, 5) is 22.3. The number of nitro groups is 1. The zero-order chi connectivity index (χ0) is 15.5. The van der Waals surface area contributed by atoms with Crippen LogP contribution >= 0.6 is 0 Å². The smallest absolute Gasteiger partial charge is 0.309 e. The lowest BCUT2D eigenvalue weighted by molar-refractivity contribution is -0.384. The molecular weight excluding hydrogens is 282 g/mol. The molecule has 2 atom stereocenters. The molecule has 116 valence electrons. The van der Waals surface area contributed by atoms with E-state index in [9.17, 15) is 20.0 Å². The number of nitrogens with zero attached hydrogens (tertiary/aromatic N) is 1. The van der Waals surface area contributed by atoms with E-state index in [1.54, 1.807) is 12.1 Å². The summed E-state index contributed by atoms with van der Waals surface area (Å²) in [6, 6.07) is 6.81. The maximum absolute atomic E-state index is 11.9. The Morgan fingerprint density at radius 2 is 1.73 bits per heavy atom. The quantitative estimate of drug-likeness (QED) is 0.684. The highest BCUT2D eigenvalue weighted by Gasteiger charge is 2.61. The van der Waals surface area contributed by atoms with Gasteiger partial charge in [-0.05, 0) is 61.3 Å². The monoisotopic (exact) mass is 301 g/mol. The van der Waals surface area contributed by atoms with Gasteiger partial charge in [-0.1, -0.05) is 12.1 Å². The summed E-state index contributed by atoms with van der Waals surface area (Å²) in [5.41, 5.74) is 0.544. The van der Waals surface area contributed by atoms with E-state index in [1.807, 2.05) is 12.1 Å². The lowest BCUT2D eigenvalue weighted by Gasteiger charge is -2.60. The molecule has 5 heteroatoms. The van der Waals surface area contributed by atoms with Gasteiger partial charge in [0, 0.05) is 12.1 Å². The van der Waals surface area contributed by atoms with Gasteiger partial charge in [0.25, 0.3) is 5.69 Å². The van der Waals surface area contributed by atoms with Crippen LogP contribution in [0, 0.1) is 27.4 Å². The van der Waals surface area contributed by atoms with Crippen molar-refractivity contribution in [3.63, 3.8) is 0 Å². The minimum absolute atomic E-state index is 0.0857. The highest BCUT2D eigenvalue weighted by atomic mass is 16.6. The van der Waals surface area contributed by atoms with Crippen molar-refractivity contribution in [2.45, 2.75) is 43.9 Å². The van der Waals surface area contributed by atoms with Crippen LogP contribution in [0.25, 0.3) is 0 Å². The Balaban J connectivity index is 1.74. The minimum atomic E-state index is -0.645. The second-order valence-electron chi connectivity index (χ2n) is 7.63. The molecule has 1 aromatic carbocycles. The Hall–Kier alpha value is -1.91. The molecule has 5 rings (SSSR count). The molecule has 0 amide bonds. The molecule has 1 aromatic rings. The van der Waals surface area contributed by atoms with E-state index in [1.165, 1.54) is 0 Å². The molecule has 22 heavy (non-hydrogen) atoms. The number of nitro benzene ring substituents is 1. The maximum Gasteiger partial charge on any atom is 0.309 e. The van der Waals surface area contributed by atoms with Crippen molar-refractivity contribution < 1.29 is 14.8 Å². The predicted molar refractivity (Wildman–Crippen MR) is 79.5 cm³/mol. The van der Waals surface area contributed by atoms with E-state index in [2.05, 4.69) is 0 Å². The number of carboxylic acids is 1. The molecule has 0 unspecified atom stereocenters. The summed E-state index contributed by atoms with van der Waals surface area (Å²) in [5.74, 6) is 0.341. The van der Waals surface area contributed by atoms with Gasteiger partial charge in [0.1, 0.15) is 0 Å². The standard InChI is InChI=1S/C17H19NO4/c19-15(20)17-8-11-5-12(9-17)7-16(6-11,10-17)13-1-3-14(4-2-13)18(21)22/h1-4,11-12H,5-10H2,(H,19,20)/t11-,12-,16?,17?/m0/s1. The number of carboxylic acid groups (broad SMARTS) is 1. The Kier molecular flexibility index (Phi) is 2.69. The lowest BCUT2D eigenvalue weighted by atomic mass is 9.43. The van der Waals surface area contributed by atoms with Crippen LogP contribution in [0.5, 0.6) is 0 Å². The number of hydrogen-bond donors (Lipinski definition) is 1. The highest BCUT2D eigenvalue weighted by molar-refractivity contribution is 5.76. The molecule has 0 spiro atoms. The molecule has 1 N–H and O–H groups in total. The van der Waals surface area contributed by atoms with Crippen molar-refractivity contribution >= 4 is 11.7 Å². The Bertz CT molecular complexity index is 637. The molecule has 4 fully saturated rings. The number of benzene rings is 1. The Labute approximate surface area is 128 Å². The van der Waals surface area contributed by atoms with Gasteiger partial charge in [-0.3, -0.25) is 14.9 Å². The van der Waals surface area contributed by atoms with Crippen LogP contribution in [0.2, 0.25) is 0 Å². The van der Waals surface area contributed by atoms with E-state index in [0.717, 1.165) is 37.7 Å². The fraction of sp³-hybridized carbons (Fsp3) is 0.588. The summed E-state index contributed by atoms with van der Waals surface area (Å²) >= 11 is 0. The summed E-state index contributed by atoms with van der Waals surface area (Å²) in [7, 11) is 0. The van der Waals surface area contributed by atoms with Gasteiger partial charge >= 0.3 is 5.97 Å². The summed E-state index contributed by atoms with van der Waals surface area (Å²) in [6.45, 7) is 0. The predicted octanol–water partition coefficient (Wildman–Crippen LogP) is 3.52. The van der Waals surface area contributed by atoms with Crippen LogP contribution in [0.15, 0.2) is 24.3 Å². The van der Waals surface area contributed by atoms with Crippen LogP contribution in [-0.4, -0.2) is 16.0 Å². The van der Waals surface area contributed by atoms with Crippen LogP contribution in [0.1, 0.15) is 44.1 Å². The van der Waals surface area contributed by atoms with Crippen LogP contribution in [-0.2, 0) is 10.2 Å². The molecule has 0 heterocycles. The second kappa shape index (κ2) is 4.31. The summed E-state index contributed by atoms with van der Waals surface area (Å²) < 4.78 is 0. The molecule has 5 nitrogen and oxygen atoms in total. The zero-order valence-corrected chi connectivity index (χ0v) is 12.3. The van der Waals surface area contributed by atoms with Gasteiger partial charge < -0.3 is 5.11 Å². The van der Waals surface area contributed by atoms with Crippen molar-refractivity contribution in [1.82, 2.24) is 0 Å². The van der Waals surface area contributed by atoms with Crippen molar-refractivity contribution in [1.29, 1.82) is 0 Å². The third-order valence-electron chi connectivity index (χ3n) is 6.21. The second-order valence-corrected chi connectivity index (χ2v) is 7.63. The van der Waals surface area contributed by atoms with Crippen molar-refractivity contribution in [3.8, 4) is 0 Å². The number of carbonyl (C=O) groups is 1. The normalized spacial score (nSPS) is 38.9. The van der Waals surface area contributed by atoms with Crippen LogP contribution in [0.3, 0.4) is 0 Å². The van der Waals surface area contributed by atoms with E-state index in [-0.39, 0.29) is 16.0 Å². The first-order valence-corrected chi connectivity index (χ1v) is 7.91. The third-order valence-corrected chi connectivity index (χ3v) is 6.21. The van der Waals surface area contributed by atoms with Gasteiger partial charge in [-0.15, -0.1) is 0 Å². The first-order valence-electron chi connectivity index (χ1n) is 7.91. The highest BCUT2D eigenvalue weighted by Crippen LogP contribution is 2.65. The molecule has 0 radical (unpaired) electrons. The first kappa shape index (κ1) is 13.7. The van der Waals surface area contributed by atoms with Crippen molar-refractivity contribution in [2.75, 3.05) is 0 Å². The van der Waals surface area contributed by atoms with Crippen molar-refractivity contribution in [3.05, 3.63) is 39.9 Å². The SMILES string of the molecule is O=C(O)C12C[C@H]3C[C@H](C1)CC(c1ccc([N+](=O)[O-])cc1)(C3)C2. The van der Waals surface area contributed by atoms with E-state index < -0.39 is 11.4 Å². The minimum Gasteiger partial charge on any atom is -0.481 e. The fourth-order valence-corrected chi connectivity index (χ4v) is 5.79. The van der Waals surface area contributed by atoms with Gasteiger partial charge in [-0.2, -0.15) is 0 Å². The Morgan fingerprint density at radius 1 is 1.14 bits per heavy atom. The van der Waals surface area contributed by atoms with Crippen LogP contribution in [0.4, 0.5) is 5.69 Å². The molecule has 4 aliphatic carbocycles. The van der Waals surface area contributed by atoms with E-state index in [4.69, 9.17) is 0 Å². The number of non-ortho nitro benzene ring substituents is 1. The molecule has 0 aromatic heterocycles. The van der Waals surface area contributed by atoms with E-state index >= 15 is 0 Å². The maximum atomic E-state index is 11.9. The van der Waals surface area contributed by atoms with Gasteiger partial charge in [-0.25, -0.2) is 0 Å². The summed E-state index contributed by atoms with van der Waals surface area (Å²) in [5, 5.41) is 20.6. The van der Waals surface area contributed by atoms with Crippen LogP contribution < -0.4 is 0 Å². The first-order chi connectivity index (χ1) is 10.4. The van der Waals surface area contributed by atoms with E-state index in [0.29, 0.717) is 18.3 Å². The topological polar surface area (TPSA) is 80.4 Å². The third kappa shape index (κ3) is 1.81. The van der Waals surface area contributed by atoms with Gasteiger partial charge in [0.15, 0.2) is 0 Å². The average Bonchev–Trinajstić information content (AvgIpc) is 2.46. The number of rotatable bonds is 3.